The molecule has 0 bridgehead atoms. The number of benzene rings is 1. The largest absolute Gasteiger partial charge is 0.496 e. The Hall–Kier alpha value is -1.47. The highest BCUT2D eigenvalue weighted by molar-refractivity contribution is 9.10. The number of rotatable bonds is 4. The van der Waals surface area contributed by atoms with Crippen LogP contribution in [0.4, 0.5) is 0 Å². The average Bonchev–Trinajstić information content (AvgIpc) is 2.74. The number of hydrogen-bond donors (Lipinski definition) is 1. The van der Waals surface area contributed by atoms with E-state index in [1.54, 1.807) is 14.2 Å². The van der Waals surface area contributed by atoms with Crippen molar-refractivity contribution in [2.75, 3.05) is 7.11 Å². The molecule has 0 spiro atoms. The normalized spacial score (nSPS) is 12.4. The molecule has 0 aliphatic rings. The first kappa shape index (κ1) is 13.0. The van der Waals surface area contributed by atoms with Gasteiger partial charge in [0, 0.05) is 22.5 Å². The molecular weight excluding hydrogens is 298 g/mol. The third-order valence-corrected chi connectivity index (χ3v) is 3.04. The predicted octanol–water partition coefficient (Wildman–Crippen LogP) is 1.22. The Morgan fingerprint density at radius 2 is 2.28 bits per heavy atom. The van der Waals surface area contributed by atoms with Crippen molar-refractivity contribution in [2.45, 2.75) is 12.5 Å². The molecule has 7 heteroatoms. The van der Waals surface area contributed by atoms with Crippen molar-refractivity contribution in [1.82, 2.24) is 20.2 Å². The minimum Gasteiger partial charge on any atom is -0.496 e. The standard InChI is InChI=1S/C11H14BrN5O/c1-17-15-11(14-16-17)6-9(13)8-4-3-7(12)5-10(8)18-2/h3-5,9H,6,13H2,1-2H3. The van der Waals surface area contributed by atoms with E-state index in [0.29, 0.717) is 12.2 Å². The minimum atomic E-state index is -0.225. The van der Waals surface area contributed by atoms with Crippen molar-refractivity contribution in [3.63, 3.8) is 0 Å². The number of nitrogens with two attached hydrogens (primary N) is 1. The molecular formula is C11H14BrN5O. The van der Waals surface area contributed by atoms with Gasteiger partial charge in [-0.05, 0) is 17.3 Å². The van der Waals surface area contributed by atoms with Gasteiger partial charge in [-0.25, -0.2) is 0 Å². The lowest BCUT2D eigenvalue weighted by Crippen LogP contribution is -2.15. The van der Waals surface area contributed by atoms with Gasteiger partial charge in [-0.2, -0.15) is 4.80 Å². The van der Waals surface area contributed by atoms with E-state index in [-0.39, 0.29) is 6.04 Å². The van der Waals surface area contributed by atoms with Crippen molar-refractivity contribution >= 4 is 15.9 Å². The molecule has 18 heavy (non-hydrogen) atoms. The first-order chi connectivity index (χ1) is 8.60. The molecule has 0 amide bonds. The van der Waals surface area contributed by atoms with Gasteiger partial charge in [-0.15, -0.1) is 10.2 Å². The number of tetrazole rings is 1. The first-order valence-corrected chi connectivity index (χ1v) is 6.21. The molecule has 1 heterocycles. The SMILES string of the molecule is COc1cc(Br)ccc1C(N)Cc1nnn(C)n1. The van der Waals surface area contributed by atoms with Crippen LogP contribution in [0.5, 0.6) is 5.75 Å². The smallest absolute Gasteiger partial charge is 0.176 e. The van der Waals surface area contributed by atoms with Gasteiger partial charge in [-0.3, -0.25) is 0 Å². The van der Waals surface area contributed by atoms with Crippen LogP contribution in [-0.2, 0) is 13.5 Å². The van der Waals surface area contributed by atoms with Crippen LogP contribution in [0.2, 0.25) is 0 Å². The maximum absolute atomic E-state index is 6.15. The summed E-state index contributed by atoms with van der Waals surface area (Å²) in [5.74, 6) is 1.37. The number of halogens is 1. The van der Waals surface area contributed by atoms with E-state index in [1.165, 1.54) is 4.80 Å². The number of ether oxygens (including phenoxy) is 1. The van der Waals surface area contributed by atoms with Gasteiger partial charge in [0.15, 0.2) is 5.82 Å². The average molecular weight is 312 g/mol. The molecule has 0 aliphatic heterocycles. The number of aryl methyl sites for hydroxylation is 1. The summed E-state index contributed by atoms with van der Waals surface area (Å²) in [4.78, 5) is 1.42. The summed E-state index contributed by atoms with van der Waals surface area (Å²) in [7, 11) is 3.35. The number of methoxy groups -OCH3 is 1. The molecule has 0 saturated heterocycles. The molecule has 0 radical (unpaired) electrons. The van der Waals surface area contributed by atoms with Crippen molar-refractivity contribution < 1.29 is 4.74 Å². The van der Waals surface area contributed by atoms with Gasteiger partial charge in [0.05, 0.1) is 14.2 Å². The number of aromatic nitrogens is 4. The Balaban J connectivity index is 2.20. The minimum absolute atomic E-state index is 0.225. The lowest BCUT2D eigenvalue weighted by Gasteiger charge is -2.14. The molecule has 1 atom stereocenters. The lowest BCUT2D eigenvalue weighted by atomic mass is 10.0. The molecule has 0 fully saturated rings. The highest BCUT2D eigenvalue weighted by atomic mass is 79.9. The molecule has 1 unspecified atom stereocenters. The molecule has 1 aromatic carbocycles. The third-order valence-electron chi connectivity index (χ3n) is 2.55. The molecule has 6 nitrogen and oxygen atoms in total. The Morgan fingerprint density at radius 1 is 1.50 bits per heavy atom. The molecule has 2 rings (SSSR count). The summed E-state index contributed by atoms with van der Waals surface area (Å²) in [6.45, 7) is 0. The Bertz CT molecular complexity index is 542. The second kappa shape index (κ2) is 5.45. The Morgan fingerprint density at radius 3 is 2.89 bits per heavy atom. The zero-order chi connectivity index (χ0) is 13.1. The summed E-state index contributed by atoms with van der Waals surface area (Å²) in [5.41, 5.74) is 7.07. The van der Waals surface area contributed by atoms with E-state index in [9.17, 15) is 0 Å². The third kappa shape index (κ3) is 2.85. The predicted molar refractivity (Wildman–Crippen MR) is 70.1 cm³/mol. The van der Waals surface area contributed by atoms with Gasteiger partial charge < -0.3 is 10.5 Å². The summed E-state index contributed by atoms with van der Waals surface area (Å²) in [5, 5.41) is 11.8. The van der Waals surface area contributed by atoms with Crippen LogP contribution < -0.4 is 10.5 Å². The van der Waals surface area contributed by atoms with Crippen molar-refractivity contribution in [1.29, 1.82) is 0 Å². The second-order valence-electron chi connectivity index (χ2n) is 3.89. The van der Waals surface area contributed by atoms with Crippen LogP contribution in [-0.4, -0.2) is 27.3 Å². The first-order valence-electron chi connectivity index (χ1n) is 5.42. The van der Waals surface area contributed by atoms with Crippen LogP contribution in [0, 0.1) is 0 Å². The monoisotopic (exact) mass is 311 g/mol. The fourth-order valence-electron chi connectivity index (χ4n) is 1.70. The summed E-state index contributed by atoms with van der Waals surface area (Å²) in [6, 6.07) is 5.53. The quantitative estimate of drug-likeness (QED) is 0.918. The molecule has 2 aromatic rings. The molecule has 0 saturated carbocycles. The van der Waals surface area contributed by atoms with Crippen LogP contribution in [0.1, 0.15) is 17.4 Å². The Labute approximate surface area is 113 Å². The van der Waals surface area contributed by atoms with Crippen LogP contribution in [0.15, 0.2) is 22.7 Å². The molecule has 2 N–H and O–H groups in total. The van der Waals surface area contributed by atoms with E-state index in [2.05, 4.69) is 31.3 Å². The van der Waals surface area contributed by atoms with E-state index >= 15 is 0 Å². The van der Waals surface area contributed by atoms with Crippen LogP contribution in [0.25, 0.3) is 0 Å². The van der Waals surface area contributed by atoms with Crippen molar-refractivity contribution in [3.8, 4) is 5.75 Å². The zero-order valence-electron chi connectivity index (χ0n) is 10.2. The van der Waals surface area contributed by atoms with E-state index in [1.807, 2.05) is 18.2 Å². The van der Waals surface area contributed by atoms with Crippen LogP contribution >= 0.6 is 15.9 Å². The summed E-state index contributed by atoms with van der Waals surface area (Å²) < 4.78 is 6.27. The maximum Gasteiger partial charge on any atom is 0.176 e. The van der Waals surface area contributed by atoms with E-state index in [0.717, 1.165) is 15.8 Å². The highest BCUT2D eigenvalue weighted by Crippen LogP contribution is 2.28. The van der Waals surface area contributed by atoms with Crippen LogP contribution in [0.3, 0.4) is 0 Å². The fourth-order valence-corrected chi connectivity index (χ4v) is 2.04. The number of hydrogen-bond acceptors (Lipinski definition) is 5. The van der Waals surface area contributed by atoms with E-state index in [4.69, 9.17) is 10.5 Å². The van der Waals surface area contributed by atoms with Crippen molar-refractivity contribution in [3.05, 3.63) is 34.1 Å². The summed E-state index contributed by atoms with van der Waals surface area (Å²) >= 11 is 3.40. The molecule has 0 aliphatic carbocycles. The van der Waals surface area contributed by atoms with Gasteiger partial charge >= 0.3 is 0 Å². The lowest BCUT2D eigenvalue weighted by molar-refractivity contribution is 0.405. The van der Waals surface area contributed by atoms with E-state index < -0.39 is 0 Å². The maximum atomic E-state index is 6.15. The van der Waals surface area contributed by atoms with Gasteiger partial charge in [0.25, 0.3) is 0 Å². The number of nitrogens with zero attached hydrogens (tertiary/aromatic N) is 4. The topological polar surface area (TPSA) is 78.9 Å². The fraction of sp³-hybridized carbons (Fsp3) is 0.364. The van der Waals surface area contributed by atoms with Gasteiger partial charge in [-0.1, -0.05) is 22.0 Å². The van der Waals surface area contributed by atoms with Gasteiger partial charge in [0.2, 0.25) is 0 Å². The van der Waals surface area contributed by atoms with Gasteiger partial charge in [0.1, 0.15) is 5.75 Å². The highest BCUT2D eigenvalue weighted by Gasteiger charge is 2.15. The second-order valence-corrected chi connectivity index (χ2v) is 4.81. The van der Waals surface area contributed by atoms with Crippen molar-refractivity contribution in [2.24, 2.45) is 12.8 Å². The Kier molecular flexibility index (Phi) is 3.93. The molecule has 1 aromatic heterocycles. The molecule has 96 valence electrons. The summed E-state index contributed by atoms with van der Waals surface area (Å²) in [6.07, 6.45) is 0.520. The zero-order valence-corrected chi connectivity index (χ0v) is 11.8.